The van der Waals surface area contributed by atoms with E-state index < -0.39 is 0 Å². The van der Waals surface area contributed by atoms with Gasteiger partial charge in [-0.3, -0.25) is 0 Å². The van der Waals surface area contributed by atoms with Crippen molar-refractivity contribution in [1.82, 2.24) is 4.57 Å². The average Bonchev–Trinajstić information content (AvgIpc) is 3.80. The Labute approximate surface area is 373 Å². The highest BCUT2D eigenvalue weighted by Gasteiger charge is 2.36. The molecule has 302 valence electrons. The van der Waals surface area contributed by atoms with Gasteiger partial charge in [0.1, 0.15) is 0 Å². The number of rotatable bonds is 3. The van der Waals surface area contributed by atoms with Crippen molar-refractivity contribution in [3.05, 3.63) is 236 Å². The first kappa shape index (κ1) is 36.5. The second-order valence-corrected chi connectivity index (χ2v) is 17.8. The summed E-state index contributed by atoms with van der Waals surface area (Å²) in [6, 6.07) is 83.2. The Morgan fingerprint density at radius 1 is 0.328 bits per heavy atom. The summed E-state index contributed by atoms with van der Waals surface area (Å²) in [7, 11) is 0. The van der Waals surface area contributed by atoms with E-state index in [9.17, 15) is 0 Å². The molecule has 0 atom stereocenters. The highest BCUT2D eigenvalue weighted by molar-refractivity contribution is 6.15. The summed E-state index contributed by atoms with van der Waals surface area (Å²) in [6.45, 7) is 4.72. The zero-order valence-electron chi connectivity index (χ0n) is 35.7. The Kier molecular flexibility index (Phi) is 7.95. The molecule has 8 bridgehead atoms. The van der Waals surface area contributed by atoms with Crippen molar-refractivity contribution in [3.8, 4) is 39.1 Å². The van der Waals surface area contributed by atoms with E-state index in [0.29, 0.717) is 0 Å². The second-order valence-electron chi connectivity index (χ2n) is 17.8. The lowest BCUT2D eigenvalue weighted by Crippen LogP contribution is -2.16. The fourth-order valence-electron chi connectivity index (χ4n) is 10.8. The SMILES string of the molecule is CC1(C)c2ccccc2-c2ccc(N3c4cccc(c4)-c4cccc(c4)N(c4cccc5c6ccccc6n(-c6cccc7ccccc67)c45)c4cccc(c4)-c4cccc3c4)cc21. The Morgan fingerprint density at radius 2 is 0.812 bits per heavy atom. The molecule has 2 heterocycles. The number of benzene rings is 10. The van der Waals surface area contributed by atoms with Crippen LogP contribution in [0.2, 0.25) is 0 Å². The molecule has 10 aromatic carbocycles. The number of aromatic nitrogens is 1. The molecule has 0 radical (unpaired) electrons. The van der Waals surface area contributed by atoms with Gasteiger partial charge in [-0.1, -0.05) is 159 Å². The molecule has 0 N–H and O–H groups in total. The van der Waals surface area contributed by atoms with Gasteiger partial charge in [-0.2, -0.15) is 0 Å². The van der Waals surface area contributed by atoms with Crippen molar-refractivity contribution in [2.45, 2.75) is 19.3 Å². The van der Waals surface area contributed by atoms with Crippen LogP contribution in [0.25, 0.3) is 71.6 Å². The molecule has 13 rings (SSSR count). The van der Waals surface area contributed by atoms with Crippen LogP contribution >= 0.6 is 0 Å². The Hall–Kier alpha value is -8.14. The highest BCUT2D eigenvalue weighted by Crippen LogP contribution is 2.51. The molecule has 3 heteroatoms. The van der Waals surface area contributed by atoms with Crippen LogP contribution in [-0.4, -0.2) is 4.57 Å². The third kappa shape index (κ3) is 5.47. The first-order valence-electron chi connectivity index (χ1n) is 22.3. The molecule has 1 aliphatic heterocycles. The van der Waals surface area contributed by atoms with E-state index in [1.807, 2.05) is 0 Å². The van der Waals surface area contributed by atoms with Gasteiger partial charge < -0.3 is 14.4 Å². The maximum atomic E-state index is 2.49. The lowest BCUT2D eigenvalue weighted by atomic mass is 9.82. The first-order valence-corrected chi connectivity index (χ1v) is 22.3. The summed E-state index contributed by atoms with van der Waals surface area (Å²) in [6.07, 6.45) is 0. The number of anilines is 6. The van der Waals surface area contributed by atoms with E-state index in [1.165, 1.54) is 49.3 Å². The first-order chi connectivity index (χ1) is 31.5. The van der Waals surface area contributed by atoms with Gasteiger partial charge in [0.2, 0.25) is 0 Å². The Bertz CT molecular complexity index is 3590. The standard InChI is InChI=1S/C61H43N3/c1-61(2)55-29-7-5-26-51(55)52-34-33-49(39-56(52)61)62-45-21-9-17-41(35-45)43-19-11-23-47(37-43)63(48-24-12-20-44(38-48)42-18-10-22-46(62)36-42)59-32-14-28-54-53-27-6-8-30-58(53)64(60(54)59)57-31-13-16-40-15-3-4-25-50(40)57/h3-39H,1-2H3. The fraction of sp³-hybridized carbons (Fsp3) is 0.0492. The van der Waals surface area contributed by atoms with Gasteiger partial charge in [0.05, 0.1) is 22.4 Å². The molecule has 2 aliphatic rings. The molecular weight excluding hydrogens is 775 g/mol. The normalized spacial score (nSPS) is 13.5. The molecule has 0 fully saturated rings. The fourth-order valence-corrected chi connectivity index (χ4v) is 10.8. The Morgan fingerprint density at radius 3 is 1.50 bits per heavy atom. The van der Waals surface area contributed by atoms with E-state index in [2.05, 4.69) is 253 Å². The van der Waals surface area contributed by atoms with Crippen LogP contribution in [0.3, 0.4) is 0 Å². The third-order valence-corrected chi connectivity index (χ3v) is 13.8. The monoisotopic (exact) mass is 817 g/mol. The molecule has 0 unspecified atom stereocenters. The van der Waals surface area contributed by atoms with Crippen molar-refractivity contribution in [3.63, 3.8) is 0 Å². The molecule has 1 aromatic heterocycles. The summed E-state index contributed by atoms with van der Waals surface area (Å²) < 4.78 is 2.49. The summed E-state index contributed by atoms with van der Waals surface area (Å²) >= 11 is 0. The molecule has 0 saturated carbocycles. The number of hydrogen-bond donors (Lipinski definition) is 0. The van der Waals surface area contributed by atoms with E-state index >= 15 is 0 Å². The van der Waals surface area contributed by atoms with Gasteiger partial charge >= 0.3 is 0 Å². The van der Waals surface area contributed by atoms with Crippen LogP contribution < -0.4 is 9.80 Å². The number of nitrogens with zero attached hydrogens (tertiary/aromatic N) is 3. The zero-order valence-corrected chi connectivity index (χ0v) is 35.7. The summed E-state index contributed by atoms with van der Waals surface area (Å²) in [5, 5.41) is 4.88. The van der Waals surface area contributed by atoms with Crippen LogP contribution in [-0.2, 0) is 5.41 Å². The van der Waals surface area contributed by atoms with Crippen LogP contribution in [0.15, 0.2) is 224 Å². The van der Waals surface area contributed by atoms with E-state index in [-0.39, 0.29) is 5.41 Å². The van der Waals surface area contributed by atoms with Crippen LogP contribution in [0.5, 0.6) is 0 Å². The Balaban J connectivity index is 1.05. The molecule has 1 aliphatic carbocycles. The topological polar surface area (TPSA) is 11.4 Å². The van der Waals surface area contributed by atoms with E-state index in [4.69, 9.17) is 0 Å². The van der Waals surface area contributed by atoms with Gasteiger partial charge in [-0.25, -0.2) is 0 Å². The van der Waals surface area contributed by atoms with Crippen LogP contribution in [0.1, 0.15) is 25.0 Å². The average molecular weight is 818 g/mol. The lowest BCUT2D eigenvalue weighted by Gasteiger charge is -2.30. The van der Waals surface area contributed by atoms with Gasteiger partial charge in [0.25, 0.3) is 0 Å². The smallest absolute Gasteiger partial charge is 0.0782 e. The van der Waals surface area contributed by atoms with E-state index in [0.717, 1.165) is 67.6 Å². The van der Waals surface area contributed by atoms with Crippen molar-refractivity contribution in [2.75, 3.05) is 9.80 Å². The maximum absolute atomic E-state index is 2.49. The van der Waals surface area contributed by atoms with Crippen molar-refractivity contribution >= 4 is 66.7 Å². The van der Waals surface area contributed by atoms with E-state index in [1.54, 1.807) is 0 Å². The molecule has 0 spiro atoms. The molecule has 64 heavy (non-hydrogen) atoms. The summed E-state index contributed by atoms with van der Waals surface area (Å²) in [5.74, 6) is 0. The van der Waals surface area contributed by atoms with Crippen molar-refractivity contribution in [1.29, 1.82) is 0 Å². The van der Waals surface area contributed by atoms with Crippen LogP contribution in [0, 0.1) is 0 Å². The highest BCUT2D eigenvalue weighted by atomic mass is 15.2. The minimum absolute atomic E-state index is 0.116. The minimum Gasteiger partial charge on any atom is -0.310 e. The van der Waals surface area contributed by atoms with Crippen molar-refractivity contribution in [2.24, 2.45) is 0 Å². The largest absolute Gasteiger partial charge is 0.310 e. The number of para-hydroxylation sites is 2. The molecule has 0 amide bonds. The summed E-state index contributed by atoms with van der Waals surface area (Å²) in [5.41, 5.74) is 20.0. The minimum atomic E-state index is -0.116. The zero-order chi connectivity index (χ0) is 42.5. The lowest BCUT2D eigenvalue weighted by molar-refractivity contribution is 0.660. The predicted molar refractivity (Wildman–Crippen MR) is 270 cm³/mol. The van der Waals surface area contributed by atoms with Crippen LogP contribution in [0.4, 0.5) is 34.1 Å². The summed E-state index contributed by atoms with van der Waals surface area (Å²) in [4.78, 5) is 4.90. The van der Waals surface area contributed by atoms with Gasteiger partial charge in [0, 0.05) is 50.0 Å². The second kappa shape index (κ2) is 13.9. The molecule has 0 saturated heterocycles. The third-order valence-electron chi connectivity index (χ3n) is 13.8. The van der Waals surface area contributed by atoms with Gasteiger partial charge in [0.15, 0.2) is 0 Å². The molecular formula is C61H43N3. The predicted octanol–water partition coefficient (Wildman–Crippen LogP) is 16.8. The van der Waals surface area contributed by atoms with Gasteiger partial charge in [-0.15, -0.1) is 0 Å². The quantitative estimate of drug-likeness (QED) is 0.176. The maximum Gasteiger partial charge on any atom is 0.0782 e. The number of fused-ring (bicyclic) bond motifs is 17. The molecule has 11 aromatic rings. The van der Waals surface area contributed by atoms with Crippen molar-refractivity contribution < 1.29 is 0 Å². The molecule has 3 nitrogen and oxygen atoms in total. The van der Waals surface area contributed by atoms with Gasteiger partial charge in [-0.05, 0) is 129 Å². The number of hydrogen-bond acceptors (Lipinski definition) is 2.